The van der Waals surface area contributed by atoms with E-state index < -0.39 is 0 Å². The number of nitrogens with one attached hydrogen (secondary N) is 1. The average Bonchev–Trinajstić information content (AvgIpc) is 2.41. The zero-order valence-corrected chi connectivity index (χ0v) is 12.7. The van der Waals surface area contributed by atoms with Crippen LogP contribution >= 0.6 is 22.6 Å². The number of halogens is 1. The van der Waals surface area contributed by atoms with Crippen LogP contribution in [0.3, 0.4) is 0 Å². The maximum absolute atomic E-state index is 11.8. The van der Waals surface area contributed by atoms with Gasteiger partial charge in [0, 0.05) is 9.26 Å². The number of para-hydroxylation sites is 1. The summed E-state index contributed by atoms with van der Waals surface area (Å²) in [6, 6.07) is 15.2. The van der Waals surface area contributed by atoms with Crippen LogP contribution in [0.5, 0.6) is 5.75 Å². The van der Waals surface area contributed by atoms with Crippen LogP contribution < -0.4 is 10.1 Å². The van der Waals surface area contributed by atoms with Crippen molar-refractivity contribution in [3.05, 3.63) is 57.7 Å². The molecule has 0 heterocycles. The molecule has 0 atom stereocenters. The first-order valence-electron chi connectivity index (χ1n) is 5.89. The molecule has 0 aliphatic rings. The highest BCUT2D eigenvalue weighted by Crippen LogP contribution is 2.15. The molecule has 1 amide bonds. The van der Waals surface area contributed by atoms with Gasteiger partial charge in [-0.25, -0.2) is 0 Å². The van der Waals surface area contributed by atoms with Gasteiger partial charge in [0.15, 0.2) is 6.61 Å². The molecular formula is C15H14INO2. The summed E-state index contributed by atoms with van der Waals surface area (Å²) in [6.45, 7) is 1.96. The van der Waals surface area contributed by atoms with Crippen molar-refractivity contribution in [1.82, 2.24) is 0 Å². The zero-order chi connectivity index (χ0) is 13.7. The number of carbonyl (C=O) groups excluding carboxylic acids is 1. The molecule has 2 aromatic rings. The van der Waals surface area contributed by atoms with Crippen molar-refractivity contribution >= 4 is 34.2 Å². The van der Waals surface area contributed by atoms with Crippen molar-refractivity contribution in [2.45, 2.75) is 6.92 Å². The molecule has 1 N–H and O–H groups in total. The topological polar surface area (TPSA) is 38.3 Å². The molecule has 4 heteroatoms. The predicted octanol–water partition coefficient (Wildman–Crippen LogP) is 3.62. The molecule has 0 bridgehead atoms. The van der Waals surface area contributed by atoms with E-state index in [4.69, 9.17) is 4.74 Å². The van der Waals surface area contributed by atoms with Gasteiger partial charge >= 0.3 is 0 Å². The van der Waals surface area contributed by atoms with Crippen LogP contribution in [0.1, 0.15) is 5.56 Å². The summed E-state index contributed by atoms with van der Waals surface area (Å²) in [5.74, 6) is 0.535. The fourth-order valence-electron chi connectivity index (χ4n) is 1.58. The molecule has 0 saturated heterocycles. The van der Waals surface area contributed by atoms with E-state index in [9.17, 15) is 4.79 Å². The van der Waals surface area contributed by atoms with Gasteiger partial charge in [0.1, 0.15) is 5.75 Å². The van der Waals surface area contributed by atoms with Crippen LogP contribution in [0, 0.1) is 10.5 Å². The summed E-state index contributed by atoms with van der Waals surface area (Å²) >= 11 is 2.22. The van der Waals surface area contributed by atoms with E-state index in [-0.39, 0.29) is 12.5 Å². The number of benzene rings is 2. The fraction of sp³-hybridized carbons (Fsp3) is 0.133. The van der Waals surface area contributed by atoms with Gasteiger partial charge in [-0.05, 0) is 65.4 Å². The third-order valence-electron chi connectivity index (χ3n) is 2.60. The Morgan fingerprint density at radius 1 is 1.16 bits per heavy atom. The highest BCUT2D eigenvalue weighted by molar-refractivity contribution is 14.1. The molecule has 0 aliphatic carbocycles. The summed E-state index contributed by atoms with van der Waals surface area (Å²) < 4.78 is 6.55. The van der Waals surface area contributed by atoms with Crippen LogP contribution in [0.25, 0.3) is 0 Å². The summed E-state index contributed by atoms with van der Waals surface area (Å²) in [6.07, 6.45) is 0. The molecule has 0 fully saturated rings. The van der Waals surface area contributed by atoms with Crippen molar-refractivity contribution in [2.24, 2.45) is 0 Å². The van der Waals surface area contributed by atoms with E-state index in [0.29, 0.717) is 5.75 Å². The van der Waals surface area contributed by atoms with E-state index in [2.05, 4.69) is 27.9 Å². The molecular weight excluding hydrogens is 353 g/mol. The number of hydrogen-bond donors (Lipinski definition) is 1. The van der Waals surface area contributed by atoms with Crippen molar-refractivity contribution in [1.29, 1.82) is 0 Å². The Balaban J connectivity index is 1.88. The largest absolute Gasteiger partial charge is 0.484 e. The number of amides is 1. The first kappa shape index (κ1) is 13.9. The Kier molecular flexibility index (Phi) is 4.79. The van der Waals surface area contributed by atoms with Gasteiger partial charge in [0.25, 0.3) is 5.91 Å². The Morgan fingerprint density at radius 2 is 1.84 bits per heavy atom. The second kappa shape index (κ2) is 6.56. The van der Waals surface area contributed by atoms with Crippen molar-refractivity contribution in [3.63, 3.8) is 0 Å². The van der Waals surface area contributed by atoms with Gasteiger partial charge in [0.05, 0.1) is 0 Å². The number of hydrogen-bond acceptors (Lipinski definition) is 2. The first-order valence-corrected chi connectivity index (χ1v) is 6.97. The van der Waals surface area contributed by atoms with Crippen LogP contribution in [0.15, 0.2) is 48.5 Å². The third kappa shape index (κ3) is 4.24. The molecule has 19 heavy (non-hydrogen) atoms. The Morgan fingerprint density at radius 3 is 2.53 bits per heavy atom. The summed E-state index contributed by atoms with van der Waals surface area (Å²) in [4.78, 5) is 11.8. The van der Waals surface area contributed by atoms with Crippen LogP contribution in [0.4, 0.5) is 5.69 Å². The number of rotatable bonds is 4. The predicted molar refractivity (Wildman–Crippen MR) is 84.5 cm³/mol. The number of anilines is 1. The van der Waals surface area contributed by atoms with E-state index in [1.165, 1.54) is 0 Å². The Bertz CT molecular complexity index is 567. The van der Waals surface area contributed by atoms with Crippen LogP contribution in [0.2, 0.25) is 0 Å². The lowest BCUT2D eigenvalue weighted by atomic mass is 10.2. The highest BCUT2D eigenvalue weighted by Gasteiger charge is 2.05. The van der Waals surface area contributed by atoms with Gasteiger partial charge < -0.3 is 10.1 Å². The lowest BCUT2D eigenvalue weighted by Crippen LogP contribution is -2.20. The number of aryl methyl sites for hydroxylation is 1. The average molecular weight is 367 g/mol. The van der Waals surface area contributed by atoms with Gasteiger partial charge in [-0.2, -0.15) is 0 Å². The van der Waals surface area contributed by atoms with E-state index in [1.54, 1.807) is 0 Å². The minimum absolute atomic E-state index is 0.00886. The molecule has 0 unspecified atom stereocenters. The second-order valence-corrected chi connectivity index (χ2v) is 5.35. The molecule has 0 spiro atoms. The maximum Gasteiger partial charge on any atom is 0.262 e. The normalized spacial score (nSPS) is 10.0. The second-order valence-electron chi connectivity index (χ2n) is 4.11. The molecule has 0 saturated carbocycles. The Hall–Kier alpha value is -1.56. The SMILES string of the molecule is Cc1ccccc1NC(=O)COc1ccc(I)cc1. The van der Waals surface area contributed by atoms with Crippen molar-refractivity contribution < 1.29 is 9.53 Å². The third-order valence-corrected chi connectivity index (χ3v) is 3.32. The quantitative estimate of drug-likeness (QED) is 0.839. The molecule has 0 aromatic heterocycles. The van der Waals surface area contributed by atoms with Gasteiger partial charge in [-0.1, -0.05) is 18.2 Å². The number of ether oxygens (including phenoxy) is 1. The molecule has 98 valence electrons. The summed E-state index contributed by atoms with van der Waals surface area (Å²) in [5.41, 5.74) is 1.85. The fourth-order valence-corrected chi connectivity index (χ4v) is 1.94. The summed E-state index contributed by atoms with van der Waals surface area (Å²) in [7, 11) is 0. The minimum atomic E-state index is -0.159. The highest BCUT2D eigenvalue weighted by atomic mass is 127. The Labute approximate surface area is 126 Å². The lowest BCUT2D eigenvalue weighted by Gasteiger charge is -2.09. The molecule has 2 aromatic carbocycles. The number of carbonyl (C=O) groups is 1. The first-order chi connectivity index (χ1) is 9.15. The van der Waals surface area contributed by atoms with Gasteiger partial charge in [0.2, 0.25) is 0 Å². The van der Waals surface area contributed by atoms with E-state index in [1.807, 2.05) is 55.5 Å². The molecule has 0 radical (unpaired) electrons. The monoisotopic (exact) mass is 367 g/mol. The zero-order valence-electron chi connectivity index (χ0n) is 10.5. The van der Waals surface area contributed by atoms with Gasteiger partial charge in [-0.15, -0.1) is 0 Å². The van der Waals surface area contributed by atoms with Crippen molar-refractivity contribution in [3.8, 4) is 5.75 Å². The molecule has 2 rings (SSSR count). The molecule has 3 nitrogen and oxygen atoms in total. The van der Waals surface area contributed by atoms with E-state index >= 15 is 0 Å². The summed E-state index contributed by atoms with van der Waals surface area (Å²) in [5, 5.41) is 2.83. The molecule has 0 aliphatic heterocycles. The maximum atomic E-state index is 11.8. The minimum Gasteiger partial charge on any atom is -0.484 e. The lowest BCUT2D eigenvalue weighted by molar-refractivity contribution is -0.118. The standard InChI is InChI=1S/C15H14INO2/c1-11-4-2-3-5-14(11)17-15(18)10-19-13-8-6-12(16)7-9-13/h2-9H,10H2,1H3,(H,17,18). The van der Waals surface area contributed by atoms with Crippen molar-refractivity contribution in [2.75, 3.05) is 11.9 Å². The smallest absolute Gasteiger partial charge is 0.262 e. The van der Waals surface area contributed by atoms with Crippen LogP contribution in [-0.4, -0.2) is 12.5 Å². The van der Waals surface area contributed by atoms with Gasteiger partial charge in [-0.3, -0.25) is 4.79 Å². The van der Waals surface area contributed by atoms with E-state index in [0.717, 1.165) is 14.8 Å². The van der Waals surface area contributed by atoms with Crippen LogP contribution in [-0.2, 0) is 4.79 Å².